The fourth-order valence-corrected chi connectivity index (χ4v) is 3.13. The van der Waals surface area contributed by atoms with E-state index in [0.717, 1.165) is 10.9 Å². The van der Waals surface area contributed by atoms with Crippen LogP contribution in [0.2, 0.25) is 0 Å². The first-order valence-electron chi connectivity index (χ1n) is 6.37. The molecule has 0 spiro atoms. The first-order valence-corrected chi connectivity index (χ1v) is 8.19. The van der Waals surface area contributed by atoms with Gasteiger partial charge < -0.3 is 9.67 Å². The van der Waals surface area contributed by atoms with Crippen LogP contribution in [0.1, 0.15) is 32.4 Å². The second-order valence-electron chi connectivity index (χ2n) is 5.01. The van der Waals surface area contributed by atoms with E-state index in [2.05, 4.69) is 0 Å². The molecule has 0 radical (unpaired) electrons. The number of hydrogen-bond donors (Lipinski definition) is 1. The molecule has 0 aliphatic rings. The van der Waals surface area contributed by atoms with Gasteiger partial charge in [0, 0.05) is 23.4 Å². The van der Waals surface area contributed by atoms with E-state index in [-0.39, 0.29) is 23.3 Å². The molecule has 0 amide bonds. The summed E-state index contributed by atoms with van der Waals surface area (Å²) < 4.78 is 25.5. The molecule has 0 unspecified atom stereocenters. The number of rotatable bonds is 4. The smallest absolute Gasteiger partial charge is 0.154 e. The van der Waals surface area contributed by atoms with Crippen LogP contribution in [0, 0.1) is 0 Å². The third kappa shape index (κ3) is 2.61. The first-order chi connectivity index (χ1) is 8.85. The molecule has 4 nitrogen and oxygen atoms in total. The highest BCUT2D eigenvalue weighted by Gasteiger charge is 2.17. The molecule has 0 aliphatic heterocycles. The number of hydrogen-bond acceptors (Lipinski definition) is 3. The van der Waals surface area contributed by atoms with Crippen molar-refractivity contribution in [2.45, 2.75) is 32.6 Å². The molecule has 5 heteroatoms. The van der Waals surface area contributed by atoms with E-state index in [9.17, 15) is 13.5 Å². The molecule has 0 aliphatic carbocycles. The fraction of sp³-hybridized carbons (Fsp3) is 0.429. The SMILES string of the molecule is CCS(=O)(=O)Cc1cn(C(C)C)c2c(O)cccc12. The van der Waals surface area contributed by atoms with E-state index in [1.165, 1.54) is 0 Å². The molecule has 19 heavy (non-hydrogen) atoms. The molecule has 1 aromatic heterocycles. The zero-order valence-electron chi connectivity index (χ0n) is 11.4. The Morgan fingerprint density at radius 3 is 2.58 bits per heavy atom. The Hall–Kier alpha value is -1.49. The van der Waals surface area contributed by atoms with Crippen molar-refractivity contribution in [1.29, 1.82) is 0 Å². The molecule has 1 heterocycles. The van der Waals surface area contributed by atoms with Crippen LogP contribution in [-0.4, -0.2) is 23.8 Å². The van der Waals surface area contributed by atoms with Crippen LogP contribution in [-0.2, 0) is 15.6 Å². The van der Waals surface area contributed by atoms with Gasteiger partial charge in [0.15, 0.2) is 9.84 Å². The summed E-state index contributed by atoms with van der Waals surface area (Å²) in [5.74, 6) is 0.329. The van der Waals surface area contributed by atoms with E-state index in [0.29, 0.717) is 5.52 Å². The molecule has 0 saturated carbocycles. The Bertz CT molecular complexity index is 699. The van der Waals surface area contributed by atoms with Crippen LogP contribution in [0.5, 0.6) is 5.75 Å². The number of benzene rings is 1. The van der Waals surface area contributed by atoms with Crippen molar-refractivity contribution in [3.05, 3.63) is 30.0 Å². The van der Waals surface area contributed by atoms with Crippen LogP contribution >= 0.6 is 0 Å². The van der Waals surface area contributed by atoms with Crippen LogP contribution in [0.15, 0.2) is 24.4 Å². The molecule has 0 atom stereocenters. The van der Waals surface area contributed by atoms with Gasteiger partial charge in [-0.25, -0.2) is 8.42 Å². The number of sulfone groups is 1. The standard InChI is InChI=1S/C14H19NO3S/c1-4-19(17,18)9-11-8-15(10(2)3)14-12(11)6-5-7-13(14)16/h5-8,10,16H,4,9H2,1-3H3. The van der Waals surface area contributed by atoms with Crippen molar-refractivity contribution in [3.8, 4) is 5.75 Å². The van der Waals surface area contributed by atoms with Gasteiger partial charge in [-0.15, -0.1) is 0 Å². The van der Waals surface area contributed by atoms with Crippen LogP contribution < -0.4 is 0 Å². The molecular formula is C14H19NO3S. The van der Waals surface area contributed by atoms with E-state index in [4.69, 9.17) is 0 Å². The van der Waals surface area contributed by atoms with Gasteiger partial charge in [0.05, 0.1) is 11.3 Å². The molecule has 2 rings (SSSR count). The van der Waals surface area contributed by atoms with Gasteiger partial charge in [0.2, 0.25) is 0 Å². The highest BCUT2D eigenvalue weighted by molar-refractivity contribution is 7.90. The maximum Gasteiger partial charge on any atom is 0.154 e. The van der Waals surface area contributed by atoms with Crippen LogP contribution in [0.3, 0.4) is 0 Å². The molecule has 0 saturated heterocycles. The maximum atomic E-state index is 11.8. The minimum absolute atomic E-state index is 0.0170. The Kier molecular flexibility index (Phi) is 3.58. The predicted molar refractivity (Wildman–Crippen MR) is 77.2 cm³/mol. The van der Waals surface area contributed by atoms with Gasteiger partial charge in [-0.2, -0.15) is 0 Å². The molecule has 2 aromatic rings. The maximum absolute atomic E-state index is 11.8. The summed E-state index contributed by atoms with van der Waals surface area (Å²) in [5.41, 5.74) is 1.46. The van der Waals surface area contributed by atoms with Gasteiger partial charge in [-0.1, -0.05) is 19.1 Å². The Balaban J connectivity index is 2.67. The molecule has 104 valence electrons. The lowest BCUT2D eigenvalue weighted by Crippen LogP contribution is -2.06. The molecule has 0 bridgehead atoms. The van der Waals surface area contributed by atoms with Crippen LogP contribution in [0.25, 0.3) is 10.9 Å². The van der Waals surface area contributed by atoms with Crippen molar-refractivity contribution in [3.63, 3.8) is 0 Å². The van der Waals surface area contributed by atoms with E-state index in [1.54, 1.807) is 19.1 Å². The minimum atomic E-state index is -3.08. The number of phenols is 1. The van der Waals surface area contributed by atoms with Gasteiger partial charge in [0.1, 0.15) is 5.75 Å². The number of phenolic OH excluding ortho intramolecular Hbond substituents is 1. The minimum Gasteiger partial charge on any atom is -0.506 e. The largest absolute Gasteiger partial charge is 0.506 e. The van der Waals surface area contributed by atoms with E-state index >= 15 is 0 Å². The zero-order chi connectivity index (χ0) is 14.2. The first kappa shape index (κ1) is 13.9. The average molecular weight is 281 g/mol. The summed E-state index contributed by atoms with van der Waals surface area (Å²) in [6.07, 6.45) is 1.84. The van der Waals surface area contributed by atoms with Crippen molar-refractivity contribution in [2.75, 3.05) is 5.75 Å². The fourth-order valence-electron chi connectivity index (χ4n) is 2.23. The highest BCUT2D eigenvalue weighted by Crippen LogP contribution is 2.32. The normalized spacial score (nSPS) is 12.4. The lowest BCUT2D eigenvalue weighted by atomic mass is 10.2. The van der Waals surface area contributed by atoms with E-state index in [1.807, 2.05) is 30.7 Å². The van der Waals surface area contributed by atoms with Crippen molar-refractivity contribution < 1.29 is 13.5 Å². The monoisotopic (exact) mass is 281 g/mol. The summed E-state index contributed by atoms with van der Waals surface area (Å²) in [6, 6.07) is 5.38. The Labute approximate surface area is 113 Å². The Morgan fingerprint density at radius 2 is 2.00 bits per heavy atom. The van der Waals surface area contributed by atoms with Gasteiger partial charge in [-0.3, -0.25) is 0 Å². The summed E-state index contributed by atoms with van der Waals surface area (Å²) in [7, 11) is -3.08. The van der Waals surface area contributed by atoms with Gasteiger partial charge in [-0.05, 0) is 25.5 Å². The van der Waals surface area contributed by atoms with Crippen molar-refractivity contribution >= 4 is 20.7 Å². The quantitative estimate of drug-likeness (QED) is 0.937. The summed E-state index contributed by atoms with van der Waals surface area (Å²) in [4.78, 5) is 0. The number of aromatic nitrogens is 1. The van der Waals surface area contributed by atoms with E-state index < -0.39 is 9.84 Å². The molecule has 1 aromatic carbocycles. The zero-order valence-corrected chi connectivity index (χ0v) is 12.2. The van der Waals surface area contributed by atoms with Gasteiger partial charge >= 0.3 is 0 Å². The lowest BCUT2D eigenvalue weighted by molar-refractivity contribution is 0.475. The number of nitrogens with zero attached hydrogens (tertiary/aromatic N) is 1. The number of para-hydroxylation sites is 1. The van der Waals surface area contributed by atoms with Crippen molar-refractivity contribution in [1.82, 2.24) is 4.57 Å². The molecular weight excluding hydrogens is 262 g/mol. The van der Waals surface area contributed by atoms with Crippen molar-refractivity contribution in [2.24, 2.45) is 0 Å². The highest BCUT2D eigenvalue weighted by atomic mass is 32.2. The topological polar surface area (TPSA) is 59.3 Å². The summed E-state index contributed by atoms with van der Waals surface area (Å²) >= 11 is 0. The average Bonchev–Trinajstić information content (AvgIpc) is 2.69. The number of fused-ring (bicyclic) bond motifs is 1. The second-order valence-corrected chi connectivity index (χ2v) is 7.36. The summed E-state index contributed by atoms with van der Waals surface area (Å²) in [6.45, 7) is 5.66. The Morgan fingerprint density at radius 1 is 1.32 bits per heavy atom. The molecule has 0 fully saturated rings. The molecule has 1 N–H and O–H groups in total. The summed E-state index contributed by atoms with van der Waals surface area (Å²) in [5, 5.41) is 10.8. The van der Waals surface area contributed by atoms with Gasteiger partial charge in [0.25, 0.3) is 0 Å². The third-order valence-corrected chi connectivity index (χ3v) is 4.92. The van der Waals surface area contributed by atoms with Crippen LogP contribution in [0.4, 0.5) is 0 Å². The third-order valence-electron chi connectivity index (χ3n) is 3.29. The number of aromatic hydroxyl groups is 1. The lowest BCUT2D eigenvalue weighted by Gasteiger charge is -2.09. The second kappa shape index (κ2) is 4.89. The predicted octanol–water partition coefficient (Wildman–Crippen LogP) is 2.86.